The van der Waals surface area contributed by atoms with Crippen LogP contribution in [0, 0.1) is 5.92 Å². The summed E-state index contributed by atoms with van der Waals surface area (Å²) in [5.74, 6) is 2.95. The van der Waals surface area contributed by atoms with Crippen LogP contribution in [0.15, 0.2) is 54.9 Å². The number of benzene rings is 1. The van der Waals surface area contributed by atoms with Crippen molar-refractivity contribution in [1.29, 1.82) is 0 Å². The second-order valence-electron chi connectivity index (χ2n) is 9.69. The van der Waals surface area contributed by atoms with Gasteiger partial charge < -0.3 is 19.3 Å². The third-order valence-corrected chi connectivity index (χ3v) is 7.64. The third kappa shape index (κ3) is 7.90. The molecule has 0 spiro atoms. The number of aromatic nitrogens is 3. The number of pyridine rings is 1. The van der Waals surface area contributed by atoms with E-state index in [0.29, 0.717) is 43.0 Å². The van der Waals surface area contributed by atoms with Crippen LogP contribution >= 0.6 is 0 Å². The molecule has 0 radical (unpaired) electrons. The number of hydrogen-bond donors (Lipinski definition) is 0. The molecule has 0 bridgehead atoms. The largest absolute Gasteiger partial charge is 0.489 e. The van der Waals surface area contributed by atoms with Crippen molar-refractivity contribution in [1.82, 2.24) is 15.0 Å². The fraction of sp³-hybridized carbons (Fsp3) is 0.483. The van der Waals surface area contributed by atoms with Gasteiger partial charge >= 0.3 is 0 Å². The summed E-state index contributed by atoms with van der Waals surface area (Å²) in [6.07, 6.45) is 10.3. The van der Waals surface area contributed by atoms with E-state index in [1.807, 2.05) is 24.3 Å². The van der Waals surface area contributed by atoms with E-state index in [4.69, 9.17) is 14.5 Å². The Balaban J connectivity index is 1.61. The lowest BCUT2D eigenvalue weighted by Gasteiger charge is -2.30. The summed E-state index contributed by atoms with van der Waals surface area (Å²) in [6.45, 7) is 5.69. The lowest BCUT2D eigenvalue weighted by molar-refractivity contribution is 0.339. The molecule has 1 saturated carbocycles. The van der Waals surface area contributed by atoms with Crippen molar-refractivity contribution >= 4 is 22.4 Å². The van der Waals surface area contributed by atoms with Crippen LogP contribution in [-0.4, -0.2) is 58.0 Å². The lowest BCUT2D eigenvalue weighted by Crippen LogP contribution is -2.31. The molecule has 9 heteroatoms. The average Bonchev–Trinajstić information content (AvgIpc) is 3.45. The van der Waals surface area contributed by atoms with Crippen LogP contribution in [0.5, 0.6) is 11.6 Å². The van der Waals surface area contributed by atoms with Crippen LogP contribution < -0.4 is 19.3 Å². The van der Waals surface area contributed by atoms with Crippen molar-refractivity contribution in [2.75, 3.05) is 48.6 Å². The van der Waals surface area contributed by atoms with Crippen LogP contribution in [0.25, 0.3) is 0 Å². The van der Waals surface area contributed by atoms with Gasteiger partial charge in [-0.3, -0.25) is 4.21 Å². The van der Waals surface area contributed by atoms with E-state index >= 15 is 0 Å². The summed E-state index contributed by atoms with van der Waals surface area (Å²) in [5.41, 5.74) is 3.23. The Labute approximate surface area is 228 Å². The van der Waals surface area contributed by atoms with Gasteiger partial charge in [-0.05, 0) is 37.3 Å². The normalized spacial score (nSPS) is 14.3. The van der Waals surface area contributed by atoms with Gasteiger partial charge in [-0.25, -0.2) is 15.0 Å². The Morgan fingerprint density at radius 2 is 1.74 bits per heavy atom. The molecule has 1 fully saturated rings. The van der Waals surface area contributed by atoms with Crippen LogP contribution in [0.2, 0.25) is 0 Å². The van der Waals surface area contributed by atoms with Crippen LogP contribution in [0.1, 0.15) is 43.9 Å². The molecule has 0 amide bonds. The molecule has 1 unspecified atom stereocenters. The zero-order valence-electron chi connectivity index (χ0n) is 22.7. The SMILES string of the molecule is CCN(CC1CCCC1)c1ccc(OC)nc1CN(Cc1ccccc1)c1ncc(OCCS(C)=O)cn1. The van der Waals surface area contributed by atoms with E-state index in [9.17, 15) is 4.21 Å². The molecule has 1 atom stereocenters. The molecule has 0 saturated heterocycles. The molecule has 3 aromatic rings. The van der Waals surface area contributed by atoms with E-state index in [-0.39, 0.29) is 0 Å². The molecule has 1 aromatic carbocycles. The second-order valence-corrected chi connectivity index (χ2v) is 11.2. The van der Waals surface area contributed by atoms with Gasteiger partial charge in [0.25, 0.3) is 0 Å². The minimum Gasteiger partial charge on any atom is -0.489 e. The first-order chi connectivity index (χ1) is 18.6. The fourth-order valence-corrected chi connectivity index (χ4v) is 5.22. The minimum absolute atomic E-state index is 0.366. The summed E-state index contributed by atoms with van der Waals surface area (Å²) >= 11 is 0. The molecule has 8 nitrogen and oxygen atoms in total. The van der Waals surface area contributed by atoms with Gasteiger partial charge in [-0.1, -0.05) is 43.2 Å². The zero-order chi connectivity index (χ0) is 26.7. The van der Waals surface area contributed by atoms with Gasteiger partial charge in [0, 0.05) is 42.8 Å². The van der Waals surface area contributed by atoms with Gasteiger partial charge in [0.15, 0.2) is 5.75 Å². The summed E-state index contributed by atoms with van der Waals surface area (Å²) in [5, 5.41) is 0. The molecule has 2 heterocycles. The van der Waals surface area contributed by atoms with Crippen LogP contribution in [0.4, 0.5) is 11.6 Å². The van der Waals surface area contributed by atoms with Gasteiger partial charge in [0.05, 0.1) is 49.8 Å². The van der Waals surface area contributed by atoms with Crippen molar-refractivity contribution in [2.45, 2.75) is 45.7 Å². The van der Waals surface area contributed by atoms with E-state index < -0.39 is 10.8 Å². The zero-order valence-corrected chi connectivity index (χ0v) is 23.5. The predicted molar refractivity (Wildman–Crippen MR) is 153 cm³/mol. The fourth-order valence-electron chi connectivity index (χ4n) is 4.90. The molecule has 2 aromatic heterocycles. The number of methoxy groups -OCH3 is 1. The van der Waals surface area contributed by atoms with Gasteiger partial charge in [-0.15, -0.1) is 0 Å². The van der Waals surface area contributed by atoms with Crippen LogP contribution in [-0.2, 0) is 23.9 Å². The third-order valence-electron chi connectivity index (χ3n) is 6.90. The number of nitrogens with zero attached hydrogens (tertiary/aromatic N) is 5. The predicted octanol–water partition coefficient (Wildman–Crippen LogP) is 4.86. The van der Waals surface area contributed by atoms with Crippen molar-refractivity contribution in [2.24, 2.45) is 5.92 Å². The first kappa shape index (κ1) is 27.8. The summed E-state index contributed by atoms with van der Waals surface area (Å²) in [4.78, 5) is 18.7. The molecule has 4 rings (SSSR count). The summed E-state index contributed by atoms with van der Waals surface area (Å²) in [7, 11) is 0.749. The quantitative estimate of drug-likeness (QED) is 0.288. The summed E-state index contributed by atoms with van der Waals surface area (Å²) in [6, 6.07) is 14.4. The Hall–Kier alpha value is -3.20. The van der Waals surface area contributed by atoms with Gasteiger partial charge in [0.2, 0.25) is 11.8 Å². The van der Waals surface area contributed by atoms with Crippen molar-refractivity contribution in [3.05, 3.63) is 66.1 Å². The lowest BCUT2D eigenvalue weighted by atomic mass is 10.1. The maximum atomic E-state index is 11.3. The van der Waals surface area contributed by atoms with Crippen LogP contribution in [0.3, 0.4) is 0 Å². The molecule has 204 valence electrons. The smallest absolute Gasteiger partial charge is 0.226 e. The molecule has 38 heavy (non-hydrogen) atoms. The molecule has 1 aliphatic carbocycles. The molecule has 0 aliphatic heterocycles. The molecule has 1 aliphatic rings. The van der Waals surface area contributed by atoms with Crippen molar-refractivity contribution in [3.8, 4) is 11.6 Å². The number of hydrogen-bond acceptors (Lipinski definition) is 8. The molecular weight excluding hydrogens is 498 g/mol. The van der Waals surface area contributed by atoms with E-state index in [0.717, 1.165) is 36.0 Å². The van der Waals surface area contributed by atoms with Gasteiger partial charge in [0.1, 0.15) is 0 Å². The van der Waals surface area contributed by atoms with E-state index in [1.54, 1.807) is 25.8 Å². The van der Waals surface area contributed by atoms with Crippen molar-refractivity contribution in [3.63, 3.8) is 0 Å². The number of anilines is 2. The standard InChI is InChI=1S/C29H39N5O3S/c1-4-33(20-23-12-8-9-13-23)27-14-15-28(36-2)32-26(27)22-34(21-24-10-6-5-7-11-24)29-30-18-25(19-31-29)37-16-17-38(3)35/h5-7,10-11,14-15,18-19,23H,4,8-9,12-13,16-17,20-22H2,1-3H3. The Kier molecular flexibility index (Phi) is 10.3. The summed E-state index contributed by atoms with van der Waals surface area (Å²) < 4.78 is 22.5. The van der Waals surface area contributed by atoms with Crippen molar-refractivity contribution < 1.29 is 13.7 Å². The Bertz CT molecular complexity index is 1160. The first-order valence-electron chi connectivity index (χ1n) is 13.4. The highest BCUT2D eigenvalue weighted by atomic mass is 32.2. The number of rotatable bonds is 14. The highest BCUT2D eigenvalue weighted by Gasteiger charge is 2.22. The van der Waals surface area contributed by atoms with E-state index in [2.05, 4.69) is 44.9 Å². The topological polar surface area (TPSA) is 80.7 Å². The molecule has 0 N–H and O–H groups in total. The van der Waals surface area contributed by atoms with Gasteiger partial charge in [-0.2, -0.15) is 0 Å². The second kappa shape index (κ2) is 14.1. The average molecular weight is 538 g/mol. The monoisotopic (exact) mass is 537 g/mol. The highest BCUT2D eigenvalue weighted by molar-refractivity contribution is 7.84. The van der Waals surface area contributed by atoms with E-state index in [1.165, 1.54) is 25.7 Å². The highest BCUT2D eigenvalue weighted by Crippen LogP contribution is 2.30. The maximum absolute atomic E-state index is 11.3. The minimum atomic E-state index is -0.904. The number of ether oxygens (including phenoxy) is 2. The first-order valence-corrected chi connectivity index (χ1v) is 15.1. The maximum Gasteiger partial charge on any atom is 0.226 e. The Morgan fingerprint density at radius 1 is 1.00 bits per heavy atom. The molecular formula is C29H39N5O3S. The Morgan fingerprint density at radius 3 is 2.39 bits per heavy atom.